The second-order valence-electron chi connectivity index (χ2n) is 5.00. The maximum atomic E-state index is 11.3. The molecule has 0 aliphatic heterocycles. The van der Waals surface area contributed by atoms with Crippen LogP contribution >= 0.6 is 0 Å². The van der Waals surface area contributed by atoms with Gasteiger partial charge in [-0.3, -0.25) is 0 Å². The molecule has 0 radical (unpaired) electrons. The maximum absolute atomic E-state index is 11.3. The van der Waals surface area contributed by atoms with Gasteiger partial charge in [0.15, 0.2) is 6.79 Å². The summed E-state index contributed by atoms with van der Waals surface area (Å²) in [5.74, 6) is 0.312. The molecule has 0 aliphatic carbocycles. The van der Waals surface area contributed by atoms with Gasteiger partial charge < -0.3 is 18.9 Å². The Kier molecular flexibility index (Phi) is 7.80. The highest BCUT2D eigenvalue weighted by atomic mass is 16.7. The number of carbonyl (C=O) groups excluding carboxylic acids is 1. The van der Waals surface area contributed by atoms with E-state index in [-0.39, 0.29) is 13.4 Å². The zero-order valence-electron chi connectivity index (χ0n) is 13.8. The molecule has 128 valence electrons. The third-order valence-electron chi connectivity index (χ3n) is 3.19. The average Bonchev–Trinajstić information content (AvgIpc) is 2.63. The molecule has 0 aliphatic rings. The van der Waals surface area contributed by atoms with Crippen molar-refractivity contribution in [3.8, 4) is 5.75 Å². The largest absolute Gasteiger partial charge is 0.489 e. The predicted octanol–water partition coefficient (Wildman–Crippen LogP) is 3.32. The molecule has 0 spiro atoms. The van der Waals surface area contributed by atoms with E-state index in [0.717, 1.165) is 16.9 Å². The van der Waals surface area contributed by atoms with E-state index in [0.29, 0.717) is 19.8 Å². The molecule has 0 bridgehead atoms. The Labute approximate surface area is 142 Å². The van der Waals surface area contributed by atoms with Crippen molar-refractivity contribution in [1.82, 2.24) is 0 Å². The molecular formula is C19H22O5. The third kappa shape index (κ3) is 6.40. The van der Waals surface area contributed by atoms with Crippen LogP contribution in [0.25, 0.3) is 0 Å². The van der Waals surface area contributed by atoms with E-state index in [2.05, 4.69) is 0 Å². The van der Waals surface area contributed by atoms with Crippen LogP contribution in [0.3, 0.4) is 0 Å². The number of hydrogen-bond acceptors (Lipinski definition) is 5. The van der Waals surface area contributed by atoms with Crippen molar-refractivity contribution in [3.63, 3.8) is 0 Å². The van der Waals surface area contributed by atoms with Gasteiger partial charge in [0, 0.05) is 12.2 Å². The van der Waals surface area contributed by atoms with Crippen LogP contribution in [0.5, 0.6) is 5.75 Å². The molecule has 0 saturated carbocycles. The van der Waals surface area contributed by atoms with Crippen LogP contribution in [0.15, 0.2) is 54.6 Å². The molecule has 0 unspecified atom stereocenters. The average molecular weight is 330 g/mol. The number of benzene rings is 2. The standard InChI is InChI=1S/C19H22O5/c1-2-21-14-19(20)24-15-22-13-17-10-6-7-11-18(17)23-12-16-8-4-3-5-9-16/h3-11H,2,12-15H2,1H3. The highest BCUT2D eigenvalue weighted by Crippen LogP contribution is 2.20. The summed E-state index contributed by atoms with van der Waals surface area (Å²) in [5.41, 5.74) is 1.99. The minimum Gasteiger partial charge on any atom is -0.489 e. The topological polar surface area (TPSA) is 54.0 Å². The fraction of sp³-hybridized carbons (Fsp3) is 0.316. The van der Waals surface area contributed by atoms with Crippen molar-refractivity contribution < 1.29 is 23.7 Å². The fourth-order valence-electron chi connectivity index (χ4n) is 1.99. The summed E-state index contributed by atoms with van der Waals surface area (Å²) in [5, 5.41) is 0. The Morgan fingerprint density at radius 2 is 1.67 bits per heavy atom. The number of para-hydroxylation sites is 1. The van der Waals surface area contributed by atoms with Gasteiger partial charge in [-0.15, -0.1) is 0 Å². The molecule has 5 nitrogen and oxygen atoms in total. The summed E-state index contributed by atoms with van der Waals surface area (Å²) in [7, 11) is 0. The predicted molar refractivity (Wildman–Crippen MR) is 89.5 cm³/mol. The number of hydrogen-bond donors (Lipinski definition) is 0. The first-order chi connectivity index (χ1) is 11.8. The molecular weight excluding hydrogens is 308 g/mol. The fourth-order valence-corrected chi connectivity index (χ4v) is 1.99. The van der Waals surface area contributed by atoms with Crippen molar-refractivity contribution >= 4 is 5.97 Å². The quantitative estimate of drug-likeness (QED) is 0.380. The first kappa shape index (κ1) is 18.0. The number of carbonyl (C=O) groups is 1. The van der Waals surface area contributed by atoms with E-state index in [1.807, 2.05) is 61.5 Å². The normalized spacial score (nSPS) is 10.4. The maximum Gasteiger partial charge on any atom is 0.334 e. The SMILES string of the molecule is CCOCC(=O)OCOCc1ccccc1OCc1ccccc1. The lowest BCUT2D eigenvalue weighted by Crippen LogP contribution is -2.14. The van der Waals surface area contributed by atoms with Gasteiger partial charge in [-0.05, 0) is 18.6 Å². The van der Waals surface area contributed by atoms with Crippen LogP contribution in [-0.2, 0) is 32.2 Å². The molecule has 0 fully saturated rings. The molecule has 5 heteroatoms. The molecule has 0 amide bonds. The van der Waals surface area contributed by atoms with Crippen LogP contribution in [0.2, 0.25) is 0 Å². The molecule has 0 saturated heterocycles. The Hall–Kier alpha value is -2.37. The van der Waals surface area contributed by atoms with Crippen molar-refractivity contribution in [2.75, 3.05) is 20.0 Å². The zero-order valence-corrected chi connectivity index (χ0v) is 13.8. The Morgan fingerprint density at radius 1 is 0.917 bits per heavy atom. The number of esters is 1. The van der Waals surface area contributed by atoms with Gasteiger partial charge in [-0.2, -0.15) is 0 Å². The summed E-state index contributed by atoms with van der Waals surface area (Å²) < 4.78 is 21.1. The molecule has 2 aromatic carbocycles. The van der Waals surface area contributed by atoms with Crippen LogP contribution in [0, 0.1) is 0 Å². The molecule has 0 atom stereocenters. The van der Waals surface area contributed by atoms with E-state index in [9.17, 15) is 4.79 Å². The van der Waals surface area contributed by atoms with Crippen molar-refractivity contribution in [3.05, 3.63) is 65.7 Å². The second kappa shape index (κ2) is 10.4. The van der Waals surface area contributed by atoms with Crippen LogP contribution < -0.4 is 4.74 Å². The van der Waals surface area contributed by atoms with E-state index in [1.165, 1.54) is 0 Å². The Bertz CT molecular complexity index is 612. The first-order valence-electron chi connectivity index (χ1n) is 7.85. The van der Waals surface area contributed by atoms with Crippen molar-refractivity contribution in [2.45, 2.75) is 20.1 Å². The van der Waals surface area contributed by atoms with Gasteiger partial charge >= 0.3 is 5.97 Å². The first-order valence-corrected chi connectivity index (χ1v) is 7.85. The van der Waals surface area contributed by atoms with Gasteiger partial charge in [0.05, 0.1) is 6.61 Å². The molecule has 2 aromatic rings. The lowest BCUT2D eigenvalue weighted by Gasteiger charge is -2.12. The lowest BCUT2D eigenvalue weighted by atomic mass is 10.2. The zero-order chi connectivity index (χ0) is 17.0. The summed E-state index contributed by atoms with van der Waals surface area (Å²) >= 11 is 0. The summed E-state index contributed by atoms with van der Waals surface area (Å²) in [6.45, 7) is 2.90. The van der Waals surface area contributed by atoms with Crippen LogP contribution in [-0.4, -0.2) is 26.0 Å². The number of ether oxygens (including phenoxy) is 4. The minimum absolute atomic E-state index is 0.0589. The minimum atomic E-state index is -0.439. The monoisotopic (exact) mass is 330 g/mol. The van der Waals surface area contributed by atoms with Crippen molar-refractivity contribution in [2.24, 2.45) is 0 Å². The van der Waals surface area contributed by atoms with Crippen LogP contribution in [0.4, 0.5) is 0 Å². The van der Waals surface area contributed by atoms with Crippen LogP contribution in [0.1, 0.15) is 18.1 Å². The Balaban J connectivity index is 1.77. The van der Waals surface area contributed by atoms with Gasteiger partial charge in [-0.25, -0.2) is 4.79 Å². The molecule has 0 N–H and O–H groups in total. The molecule has 0 heterocycles. The van der Waals surface area contributed by atoms with Gasteiger partial charge in [-0.1, -0.05) is 48.5 Å². The summed E-state index contributed by atoms with van der Waals surface area (Å²) in [4.78, 5) is 11.3. The van der Waals surface area contributed by atoms with E-state index < -0.39 is 5.97 Å². The third-order valence-corrected chi connectivity index (χ3v) is 3.19. The van der Waals surface area contributed by atoms with Crippen molar-refractivity contribution in [1.29, 1.82) is 0 Å². The Morgan fingerprint density at radius 3 is 2.46 bits per heavy atom. The smallest absolute Gasteiger partial charge is 0.334 e. The summed E-state index contributed by atoms with van der Waals surface area (Å²) in [6, 6.07) is 17.6. The van der Waals surface area contributed by atoms with Gasteiger partial charge in [0.2, 0.25) is 0 Å². The molecule has 2 rings (SSSR count). The summed E-state index contributed by atoms with van der Waals surface area (Å²) in [6.07, 6.45) is 0. The lowest BCUT2D eigenvalue weighted by molar-refractivity contribution is -0.162. The van der Waals surface area contributed by atoms with Gasteiger partial charge in [0.25, 0.3) is 0 Å². The van der Waals surface area contributed by atoms with Gasteiger partial charge in [0.1, 0.15) is 19.0 Å². The van der Waals surface area contributed by atoms with E-state index >= 15 is 0 Å². The second-order valence-corrected chi connectivity index (χ2v) is 5.00. The van der Waals surface area contributed by atoms with E-state index in [4.69, 9.17) is 18.9 Å². The highest BCUT2D eigenvalue weighted by molar-refractivity contribution is 5.70. The van der Waals surface area contributed by atoms with E-state index in [1.54, 1.807) is 0 Å². The molecule has 24 heavy (non-hydrogen) atoms. The number of rotatable bonds is 10. The highest BCUT2D eigenvalue weighted by Gasteiger charge is 2.05. The molecule has 0 aromatic heterocycles.